The van der Waals surface area contributed by atoms with E-state index < -0.39 is 5.92 Å². The van der Waals surface area contributed by atoms with Crippen LogP contribution in [0.25, 0.3) is 0 Å². The van der Waals surface area contributed by atoms with Gasteiger partial charge >= 0.3 is 5.97 Å². The zero-order valence-electron chi connectivity index (χ0n) is 19.9. The van der Waals surface area contributed by atoms with E-state index in [1.165, 1.54) is 6.42 Å². The molecule has 1 fully saturated rings. The van der Waals surface area contributed by atoms with Crippen LogP contribution < -0.4 is 19.5 Å². The lowest BCUT2D eigenvalue weighted by Gasteiger charge is -2.35. The maximum atomic E-state index is 13.6. The summed E-state index contributed by atoms with van der Waals surface area (Å²) in [6, 6.07) is 3.63. The summed E-state index contributed by atoms with van der Waals surface area (Å²) in [4.78, 5) is 26.8. The van der Waals surface area contributed by atoms with E-state index in [1.54, 1.807) is 27.4 Å². The van der Waals surface area contributed by atoms with Crippen molar-refractivity contribution in [3.63, 3.8) is 0 Å². The second kappa shape index (κ2) is 9.89. The number of ketones is 1. The van der Waals surface area contributed by atoms with E-state index in [2.05, 4.69) is 5.32 Å². The monoisotopic (exact) mass is 455 g/mol. The molecule has 1 N–H and O–H groups in total. The fraction of sp³-hybridized carbons (Fsp3) is 0.538. The standard InChI is InChI=1S/C26H33NO6/c1-15-21(26(29)33-16-9-6-5-7-10-16)22(23-18(27-15)11-8-12-19(23)28)17-13-14-20(30-2)25(32-4)24(17)31-3/h13-14,16,22,27H,5-12H2,1-4H3. The maximum absolute atomic E-state index is 13.6. The molecule has 1 aromatic carbocycles. The fourth-order valence-electron chi connectivity index (χ4n) is 5.31. The van der Waals surface area contributed by atoms with Gasteiger partial charge < -0.3 is 24.3 Å². The van der Waals surface area contributed by atoms with Gasteiger partial charge in [0.2, 0.25) is 5.75 Å². The summed E-state index contributed by atoms with van der Waals surface area (Å²) in [5.41, 5.74) is 3.35. The van der Waals surface area contributed by atoms with Crippen molar-refractivity contribution >= 4 is 11.8 Å². The number of Topliss-reactive ketones (excluding diaryl/α,β-unsaturated/α-hetero) is 1. The van der Waals surface area contributed by atoms with Crippen molar-refractivity contribution in [1.82, 2.24) is 5.32 Å². The third-order valence-corrected chi connectivity index (χ3v) is 6.87. The average Bonchev–Trinajstić information content (AvgIpc) is 2.82. The number of rotatable bonds is 6. The third kappa shape index (κ3) is 4.33. The summed E-state index contributed by atoms with van der Waals surface area (Å²) >= 11 is 0. The Morgan fingerprint density at radius 2 is 1.67 bits per heavy atom. The zero-order valence-corrected chi connectivity index (χ0v) is 19.9. The highest BCUT2D eigenvalue weighted by Gasteiger charge is 2.41. The van der Waals surface area contributed by atoms with Gasteiger partial charge in [-0.1, -0.05) is 12.5 Å². The highest BCUT2D eigenvalue weighted by molar-refractivity contribution is 6.04. The molecule has 1 aromatic rings. The van der Waals surface area contributed by atoms with Crippen LogP contribution in [0.1, 0.15) is 69.8 Å². The molecular formula is C26H33NO6. The summed E-state index contributed by atoms with van der Waals surface area (Å²) in [7, 11) is 4.66. The van der Waals surface area contributed by atoms with Crippen molar-refractivity contribution in [3.05, 3.63) is 40.2 Å². The van der Waals surface area contributed by atoms with Crippen LogP contribution in [0.5, 0.6) is 17.2 Å². The fourth-order valence-corrected chi connectivity index (χ4v) is 5.31. The molecule has 1 saturated carbocycles. The second-order valence-electron chi connectivity index (χ2n) is 8.85. The first-order valence-corrected chi connectivity index (χ1v) is 11.7. The quantitative estimate of drug-likeness (QED) is 0.630. The molecule has 4 rings (SSSR count). The van der Waals surface area contributed by atoms with Crippen LogP contribution in [0, 0.1) is 0 Å². The summed E-state index contributed by atoms with van der Waals surface area (Å²) in [5, 5.41) is 3.35. The van der Waals surface area contributed by atoms with E-state index in [1.807, 2.05) is 13.0 Å². The first-order chi connectivity index (χ1) is 16.0. The Balaban J connectivity index is 1.84. The lowest BCUT2D eigenvalue weighted by atomic mass is 9.75. The molecule has 0 aromatic heterocycles. The molecule has 7 heteroatoms. The van der Waals surface area contributed by atoms with Gasteiger partial charge in [-0.05, 0) is 51.5 Å². The van der Waals surface area contributed by atoms with Gasteiger partial charge in [-0.3, -0.25) is 4.79 Å². The van der Waals surface area contributed by atoms with Crippen LogP contribution in [0.4, 0.5) is 0 Å². The van der Waals surface area contributed by atoms with E-state index in [0.717, 1.165) is 44.2 Å². The Labute approximate surface area is 195 Å². The normalized spacial score (nSPS) is 21.3. The van der Waals surface area contributed by atoms with Crippen LogP contribution in [-0.4, -0.2) is 39.2 Å². The molecule has 2 aliphatic carbocycles. The van der Waals surface area contributed by atoms with E-state index >= 15 is 0 Å². The van der Waals surface area contributed by atoms with Crippen LogP contribution in [0.15, 0.2) is 34.7 Å². The number of dihydropyridines is 1. The van der Waals surface area contributed by atoms with Gasteiger partial charge in [0.25, 0.3) is 0 Å². The molecule has 0 radical (unpaired) electrons. The minimum absolute atomic E-state index is 0.0426. The molecule has 3 aliphatic rings. The number of carbonyl (C=O) groups excluding carboxylic acids is 2. The number of carbonyl (C=O) groups is 2. The van der Waals surface area contributed by atoms with E-state index in [4.69, 9.17) is 18.9 Å². The summed E-state index contributed by atoms with van der Waals surface area (Å²) in [5.74, 6) is 0.465. The Morgan fingerprint density at radius 3 is 2.33 bits per heavy atom. The first kappa shape index (κ1) is 23.2. The highest BCUT2D eigenvalue weighted by Crippen LogP contribution is 2.50. The number of ether oxygens (including phenoxy) is 4. The molecule has 7 nitrogen and oxygen atoms in total. The van der Waals surface area contributed by atoms with Crippen LogP contribution >= 0.6 is 0 Å². The number of nitrogens with one attached hydrogen (secondary N) is 1. The molecule has 0 saturated heterocycles. The molecular weight excluding hydrogens is 422 g/mol. The molecule has 0 bridgehead atoms. The van der Waals surface area contributed by atoms with Gasteiger partial charge in [0.05, 0.1) is 32.8 Å². The smallest absolute Gasteiger partial charge is 0.337 e. The first-order valence-electron chi connectivity index (χ1n) is 11.7. The largest absolute Gasteiger partial charge is 0.493 e. The van der Waals surface area contributed by atoms with Crippen molar-refractivity contribution in [3.8, 4) is 17.2 Å². The molecule has 1 heterocycles. The predicted octanol–water partition coefficient (Wildman–Crippen LogP) is 4.56. The summed E-state index contributed by atoms with van der Waals surface area (Å²) in [6.07, 6.45) is 6.97. The number of benzene rings is 1. The SMILES string of the molecule is COc1ccc(C2C(C(=O)OC3CCCCC3)=C(C)NC3=C2C(=O)CCC3)c(OC)c1OC. The van der Waals surface area contributed by atoms with Gasteiger partial charge in [-0.25, -0.2) is 4.79 Å². The Bertz CT molecular complexity index is 1000. The van der Waals surface area contributed by atoms with Crippen LogP contribution in [0.2, 0.25) is 0 Å². The lowest BCUT2D eigenvalue weighted by Crippen LogP contribution is -2.35. The number of hydrogen-bond acceptors (Lipinski definition) is 7. The molecule has 1 aliphatic heterocycles. The predicted molar refractivity (Wildman–Crippen MR) is 124 cm³/mol. The topological polar surface area (TPSA) is 83.1 Å². The van der Waals surface area contributed by atoms with Gasteiger partial charge in [0.1, 0.15) is 6.10 Å². The molecule has 33 heavy (non-hydrogen) atoms. The van der Waals surface area contributed by atoms with Gasteiger partial charge in [0, 0.05) is 29.0 Å². The number of methoxy groups -OCH3 is 3. The average molecular weight is 456 g/mol. The van der Waals surface area contributed by atoms with Crippen molar-refractivity contribution < 1.29 is 28.5 Å². The van der Waals surface area contributed by atoms with Crippen LogP contribution in [0.3, 0.4) is 0 Å². The zero-order chi connectivity index (χ0) is 23.5. The van der Waals surface area contributed by atoms with Crippen molar-refractivity contribution in [2.24, 2.45) is 0 Å². The van der Waals surface area contributed by atoms with E-state index in [-0.39, 0.29) is 17.9 Å². The molecule has 1 unspecified atom stereocenters. The number of esters is 1. The molecule has 178 valence electrons. The van der Waals surface area contributed by atoms with Crippen molar-refractivity contribution in [1.29, 1.82) is 0 Å². The highest BCUT2D eigenvalue weighted by atomic mass is 16.5. The van der Waals surface area contributed by atoms with E-state index in [0.29, 0.717) is 46.1 Å². The Hall–Kier alpha value is -2.96. The minimum Gasteiger partial charge on any atom is -0.493 e. The molecule has 1 atom stereocenters. The Kier molecular flexibility index (Phi) is 6.96. The van der Waals surface area contributed by atoms with Gasteiger partial charge in [0.15, 0.2) is 17.3 Å². The van der Waals surface area contributed by atoms with Crippen molar-refractivity contribution in [2.75, 3.05) is 21.3 Å². The molecule has 0 spiro atoms. The lowest BCUT2D eigenvalue weighted by molar-refractivity contribution is -0.146. The maximum Gasteiger partial charge on any atom is 0.337 e. The second-order valence-corrected chi connectivity index (χ2v) is 8.85. The number of hydrogen-bond donors (Lipinski definition) is 1. The summed E-state index contributed by atoms with van der Waals surface area (Å²) < 4.78 is 22.8. The summed E-state index contributed by atoms with van der Waals surface area (Å²) in [6.45, 7) is 1.88. The van der Waals surface area contributed by atoms with E-state index in [9.17, 15) is 9.59 Å². The number of allylic oxidation sites excluding steroid dienone is 3. The third-order valence-electron chi connectivity index (χ3n) is 6.87. The van der Waals surface area contributed by atoms with Gasteiger partial charge in [-0.2, -0.15) is 0 Å². The Morgan fingerprint density at radius 1 is 0.939 bits per heavy atom. The molecule has 0 amide bonds. The van der Waals surface area contributed by atoms with Crippen LogP contribution in [-0.2, 0) is 14.3 Å². The van der Waals surface area contributed by atoms with Crippen molar-refractivity contribution in [2.45, 2.75) is 70.3 Å². The minimum atomic E-state index is -0.597. The van der Waals surface area contributed by atoms with Gasteiger partial charge in [-0.15, -0.1) is 0 Å².